The van der Waals surface area contributed by atoms with Gasteiger partial charge in [-0.3, -0.25) is 4.79 Å². The molecule has 2 aromatic rings. The lowest BCUT2D eigenvalue weighted by atomic mass is 10.1. The molecule has 0 saturated carbocycles. The summed E-state index contributed by atoms with van der Waals surface area (Å²) in [5, 5.41) is 2.86. The fourth-order valence-corrected chi connectivity index (χ4v) is 3.90. The van der Waals surface area contributed by atoms with Crippen LogP contribution >= 0.6 is 0 Å². The van der Waals surface area contributed by atoms with Crippen molar-refractivity contribution in [1.29, 1.82) is 0 Å². The van der Waals surface area contributed by atoms with Crippen LogP contribution in [0.4, 0.5) is 4.39 Å². The number of benzene rings is 2. The third-order valence-electron chi connectivity index (χ3n) is 4.37. The first-order valence-electron chi connectivity index (χ1n) is 8.75. The molecule has 2 aromatic carbocycles. The van der Waals surface area contributed by atoms with Crippen LogP contribution in [0.3, 0.4) is 0 Å². The molecule has 2 rings (SSSR count). The summed E-state index contributed by atoms with van der Waals surface area (Å²) in [4.78, 5) is 12.0. The van der Waals surface area contributed by atoms with Gasteiger partial charge in [0.05, 0.1) is 4.90 Å². The maximum absolute atomic E-state index is 13.0. The summed E-state index contributed by atoms with van der Waals surface area (Å²) >= 11 is 0. The maximum atomic E-state index is 13.0. The van der Waals surface area contributed by atoms with Crippen LogP contribution in [-0.2, 0) is 21.4 Å². The van der Waals surface area contributed by atoms with Crippen LogP contribution in [-0.4, -0.2) is 32.2 Å². The molecule has 0 bridgehead atoms. The SMILES string of the molecule is Cc1ccc(CNC(=O)CCCN(C)S(=O)(=O)c2ccc(F)cc2)c(C)c1. The molecule has 146 valence electrons. The van der Waals surface area contributed by atoms with E-state index in [1.54, 1.807) is 0 Å². The van der Waals surface area contributed by atoms with Crippen molar-refractivity contribution in [3.05, 3.63) is 65.0 Å². The number of nitrogens with one attached hydrogen (secondary N) is 1. The number of hydrogen-bond donors (Lipinski definition) is 1. The summed E-state index contributed by atoms with van der Waals surface area (Å²) in [5.41, 5.74) is 3.36. The topological polar surface area (TPSA) is 66.5 Å². The van der Waals surface area contributed by atoms with Crippen molar-refractivity contribution in [2.75, 3.05) is 13.6 Å². The number of sulfonamides is 1. The molecule has 7 heteroatoms. The molecule has 0 aromatic heterocycles. The molecular formula is C20H25FN2O3S. The van der Waals surface area contributed by atoms with Gasteiger partial charge in [-0.1, -0.05) is 23.8 Å². The highest BCUT2D eigenvalue weighted by molar-refractivity contribution is 7.89. The number of nitrogens with zero attached hydrogens (tertiary/aromatic N) is 1. The summed E-state index contributed by atoms with van der Waals surface area (Å²) in [6, 6.07) is 10.8. The number of halogens is 1. The Morgan fingerprint density at radius 3 is 2.41 bits per heavy atom. The number of amides is 1. The summed E-state index contributed by atoms with van der Waals surface area (Å²) in [6.45, 7) is 4.68. The lowest BCUT2D eigenvalue weighted by molar-refractivity contribution is -0.121. The molecule has 0 heterocycles. The molecule has 0 spiro atoms. The van der Waals surface area contributed by atoms with Gasteiger partial charge in [0.2, 0.25) is 15.9 Å². The minimum atomic E-state index is -3.68. The van der Waals surface area contributed by atoms with Crippen molar-refractivity contribution in [1.82, 2.24) is 9.62 Å². The van der Waals surface area contributed by atoms with Gasteiger partial charge in [0.25, 0.3) is 0 Å². The largest absolute Gasteiger partial charge is 0.352 e. The maximum Gasteiger partial charge on any atom is 0.242 e. The van der Waals surface area contributed by atoms with E-state index in [0.29, 0.717) is 13.0 Å². The number of aryl methyl sites for hydroxylation is 2. The van der Waals surface area contributed by atoms with Crippen molar-refractivity contribution < 1.29 is 17.6 Å². The Morgan fingerprint density at radius 2 is 1.78 bits per heavy atom. The summed E-state index contributed by atoms with van der Waals surface area (Å²) in [6.07, 6.45) is 0.629. The summed E-state index contributed by atoms with van der Waals surface area (Å²) < 4.78 is 38.9. The Labute approximate surface area is 160 Å². The van der Waals surface area contributed by atoms with Crippen LogP contribution in [0.15, 0.2) is 47.4 Å². The van der Waals surface area contributed by atoms with Crippen LogP contribution in [0.25, 0.3) is 0 Å². The van der Waals surface area contributed by atoms with Gasteiger partial charge in [-0.25, -0.2) is 17.1 Å². The normalized spacial score (nSPS) is 11.6. The number of carbonyl (C=O) groups excluding carboxylic acids is 1. The van der Waals surface area contributed by atoms with Gasteiger partial charge in [0.15, 0.2) is 0 Å². The molecule has 1 N–H and O–H groups in total. The molecule has 0 aliphatic rings. The fraction of sp³-hybridized carbons (Fsp3) is 0.350. The smallest absolute Gasteiger partial charge is 0.242 e. The quantitative estimate of drug-likeness (QED) is 0.750. The standard InChI is InChI=1S/C20H25FN2O3S/c1-15-6-7-17(16(2)13-15)14-22-20(24)5-4-12-23(3)27(25,26)19-10-8-18(21)9-11-19/h6-11,13H,4-5,12,14H2,1-3H3,(H,22,24). The zero-order valence-corrected chi connectivity index (χ0v) is 16.6. The third kappa shape index (κ3) is 5.87. The lowest BCUT2D eigenvalue weighted by Crippen LogP contribution is -2.29. The zero-order chi connectivity index (χ0) is 20.0. The highest BCUT2D eigenvalue weighted by Gasteiger charge is 2.20. The van der Waals surface area contributed by atoms with Crippen molar-refractivity contribution in [2.45, 2.75) is 38.1 Å². The molecule has 0 saturated heterocycles. The summed E-state index contributed by atoms with van der Waals surface area (Å²) in [7, 11) is -2.23. The van der Waals surface area contributed by atoms with E-state index in [1.807, 2.05) is 26.0 Å². The Hall–Kier alpha value is -2.25. The molecular weight excluding hydrogens is 367 g/mol. The number of carbonyl (C=O) groups is 1. The molecule has 0 unspecified atom stereocenters. The fourth-order valence-electron chi connectivity index (χ4n) is 2.70. The Bertz CT molecular complexity index is 896. The second-order valence-corrected chi connectivity index (χ2v) is 8.64. The van der Waals surface area contributed by atoms with E-state index in [9.17, 15) is 17.6 Å². The molecule has 0 aliphatic carbocycles. The number of rotatable bonds is 8. The van der Waals surface area contributed by atoms with Gasteiger partial charge in [0.1, 0.15) is 5.82 Å². The Balaban J connectivity index is 1.80. The van der Waals surface area contributed by atoms with Crippen LogP contribution in [0.2, 0.25) is 0 Å². The Morgan fingerprint density at radius 1 is 1.11 bits per heavy atom. The molecule has 1 amide bonds. The molecule has 0 radical (unpaired) electrons. The van der Waals surface area contributed by atoms with Crippen molar-refractivity contribution in [3.63, 3.8) is 0 Å². The van der Waals surface area contributed by atoms with Gasteiger partial charge in [-0.15, -0.1) is 0 Å². The predicted molar refractivity (Wildman–Crippen MR) is 103 cm³/mol. The minimum absolute atomic E-state index is 0.0331. The van der Waals surface area contributed by atoms with Gasteiger partial charge in [0, 0.05) is 26.6 Å². The van der Waals surface area contributed by atoms with Gasteiger partial charge >= 0.3 is 0 Å². The van der Waals surface area contributed by atoms with Crippen molar-refractivity contribution in [3.8, 4) is 0 Å². The van der Waals surface area contributed by atoms with Crippen molar-refractivity contribution in [2.24, 2.45) is 0 Å². The average molecular weight is 392 g/mol. The third-order valence-corrected chi connectivity index (χ3v) is 6.24. The van der Waals surface area contributed by atoms with Crippen LogP contribution in [0.1, 0.15) is 29.5 Å². The van der Waals surface area contributed by atoms with E-state index in [0.717, 1.165) is 23.3 Å². The van der Waals surface area contributed by atoms with Crippen LogP contribution < -0.4 is 5.32 Å². The monoisotopic (exact) mass is 392 g/mol. The van der Waals surface area contributed by atoms with E-state index in [2.05, 4.69) is 11.4 Å². The minimum Gasteiger partial charge on any atom is -0.352 e. The predicted octanol–water partition coefficient (Wildman–Crippen LogP) is 3.16. The van der Waals surface area contributed by atoms with E-state index in [4.69, 9.17) is 0 Å². The van der Waals surface area contributed by atoms with Gasteiger partial charge < -0.3 is 5.32 Å². The average Bonchev–Trinajstić information content (AvgIpc) is 2.61. The lowest BCUT2D eigenvalue weighted by Gasteiger charge is -2.17. The zero-order valence-electron chi connectivity index (χ0n) is 15.8. The molecule has 0 aliphatic heterocycles. The van der Waals surface area contributed by atoms with E-state index in [1.165, 1.54) is 29.0 Å². The van der Waals surface area contributed by atoms with Crippen molar-refractivity contribution >= 4 is 15.9 Å². The first kappa shape index (κ1) is 21.1. The second kappa shape index (κ2) is 9.10. The van der Waals surface area contributed by atoms with E-state index < -0.39 is 15.8 Å². The summed E-state index contributed by atoms with van der Waals surface area (Å²) in [5.74, 6) is -0.611. The number of hydrogen-bond acceptors (Lipinski definition) is 3. The second-order valence-electron chi connectivity index (χ2n) is 6.59. The van der Waals surface area contributed by atoms with E-state index in [-0.39, 0.29) is 23.8 Å². The first-order chi connectivity index (χ1) is 12.7. The molecule has 27 heavy (non-hydrogen) atoms. The highest BCUT2D eigenvalue weighted by Crippen LogP contribution is 2.15. The molecule has 5 nitrogen and oxygen atoms in total. The first-order valence-corrected chi connectivity index (χ1v) is 10.2. The van der Waals surface area contributed by atoms with Gasteiger partial charge in [-0.2, -0.15) is 0 Å². The van der Waals surface area contributed by atoms with E-state index >= 15 is 0 Å². The van der Waals surface area contributed by atoms with Crippen LogP contribution in [0, 0.1) is 19.7 Å². The molecule has 0 atom stereocenters. The molecule has 0 fully saturated rings. The van der Waals surface area contributed by atoms with Gasteiger partial charge in [-0.05, 0) is 55.7 Å². The Kier molecular flexibility index (Phi) is 7.10. The highest BCUT2D eigenvalue weighted by atomic mass is 32.2. The van der Waals surface area contributed by atoms with Crippen LogP contribution in [0.5, 0.6) is 0 Å².